The average molecular weight is 406 g/mol. The Balaban J connectivity index is 1.35. The molecule has 0 atom stereocenters. The molecule has 0 bridgehead atoms. The zero-order chi connectivity index (χ0) is 20.9. The van der Waals surface area contributed by atoms with Gasteiger partial charge in [-0.25, -0.2) is 4.98 Å². The van der Waals surface area contributed by atoms with E-state index in [1.807, 2.05) is 42.3 Å². The fourth-order valence-electron chi connectivity index (χ4n) is 3.53. The third-order valence-corrected chi connectivity index (χ3v) is 5.30. The van der Waals surface area contributed by atoms with Gasteiger partial charge in [0, 0.05) is 58.5 Å². The van der Waals surface area contributed by atoms with Crippen LogP contribution in [0.5, 0.6) is 0 Å². The number of pyridine rings is 1. The van der Waals surface area contributed by atoms with Gasteiger partial charge < -0.3 is 14.3 Å². The van der Waals surface area contributed by atoms with E-state index in [2.05, 4.69) is 37.1 Å². The van der Waals surface area contributed by atoms with Gasteiger partial charge in [-0.1, -0.05) is 35.5 Å². The summed E-state index contributed by atoms with van der Waals surface area (Å²) in [5.74, 6) is 2.12. The molecule has 0 N–H and O–H groups in total. The second-order valence-electron chi connectivity index (χ2n) is 7.54. The molecule has 1 fully saturated rings. The molecule has 30 heavy (non-hydrogen) atoms. The average Bonchev–Trinajstić information content (AvgIpc) is 3.23. The van der Waals surface area contributed by atoms with Gasteiger partial charge in [-0.15, -0.1) is 0 Å². The lowest BCUT2D eigenvalue weighted by molar-refractivity contribution is -0.130. The fraction of sp³-hybridized carbons (Fsp3) is 0.364. The van der Waals surface area contributed by atoms with Crippen LogP contribution in [-0.4, -0.2) is 64.1 Å². The molecular weight excluding hydrogens is 380 g/mol. The zero-order valence-corrected chi connectivity index (χ0v) is 17.4. The number of hydrogen-bond acceptors (Lipinski definition) is 7. The van der Waals surface area contributed by atoms with Crippen LogP contribution in [-0.2, 0) is 17.9 Å². The van der Waals surface area contributed by atoms with E-state index >= 15 is 0 Å². The molecule has 4 rings (SSSR count). The number of carbonyl (C=O) groups is 1. The molecule has 0 spiro atoms. The summed E-state index contributed by atoms with van der Waals surface area (Å²) >= 11 is 0. The van der Waals surface area contributed by atoms with Crippen LogP contribution >= 0.6 is 0 Å². The zero-order valence-electron chi connectivity index (χ0n) is 17.4. The minimum Gasteiger partial charge on any atom is -0.355 e. The SMILES string of the molecule is CC(=O)N1CCN(Cc2nc(-c3ccc(N(C)Cc4ccccc4)nc3)no2)CC1. The summed E-state index contributed by atoms with van der Waals surface area (Å²) in [6.07, 6.45) is 1.77. The normalized spacial score (nSPS) is 14.7. The standard InChI is InChI=1S/C22H26N6O2/c1-17(29)28-12-10-27(11-13-28)16-21-24-22(25-30-21)19-8-9-20(23-14-19)26(2)15-18-6-4-3-5-7-18/h3-9,14H,10-13,15-16H2,1-2H3. The summed E-state index contributed by atoms with van der Waals surface area (Å²) in [5.41, 5.74) is 2.06. The Bertz CT molecular complexity index is 965. The number of amides is 1. The van der Waals surface area contributed by atoms with E-state index in [0.717, 1.165) is 44.1 Å². The molecule has 1 aliphatic heterocycles. The molecule has 2 aromatic heterocycles. The monoisotopic (exact) mass is 406 g/mol. The molecule has 1 amide bonds. The van der Waals surface area contributed by atoms with Crippen molar-refractivity contribution >= 4 is 11.7 Å². The van der Waals surface area contributed by atoms with E-state index in [1.165, 1.54) is 5.56 Å². The molecular formula is C22H26N6O2. The van der Waals surface area contributed by atoms with Crippen molar-refractivity contribution in [2.24, 2.45) is 0 Å². The maximum atomic E-state index is 11.4. The van der Waals surface area contributed by atoms with Gasteiger partial charge in [-0.2, -0.15) is 4.98 Å². The van der Waals surface area contributed by atoms with Crippen molar-refractivity contribution in [1.29, 1.82) is 0 Å². The molecule has 1 aliphatic rings. The van der Waals surface area contributed by atoms with Crippen LogP contribution in [0.15, 0.2) is 53.2 Å². The quantitative estimate of drug-likeness (QED) is 0.622. The first-order chi connectivity index (χ1) is 14.6. The summed E-state index contributed by atoms with van der Waals surface area (Å²) in [6.45, 7) is 6.07. The first-order valence-electron chi connectivity index (χ1n) is 10.1. The predicted octanol–water partition coefficient (Wildman–Crippen LogP) is 2.43. The maximum Gasteiger partial charge on any atom is 0.241 e. The lowest BCUT2D eigenvalue weighted by Crippen LogP contribution is -2.47. The van der Waals surface area contributed by atoms with E-state index in [0.29, 0.717) is 18.3 Å². The van der Waals surface area contributed by atoms with Crippen molar-refractivity contribution in [3.63, 3.8) is 0 Å². The van der Waals surface area contributed by atoms with Gasteiger partial charge in [-0.3, -0.25) is 9.69 Å². The molecule has 8 heteroatoms. The lowest BCUT2D eigenvalue weighted by atomic mass is 10.2. The van der Waals surface area contributed by atoms with Crippen molar-refractivity contribution < 1.29 is 9.32 Å². The van der Waals surface area contributed by atoms with E-state index in [4.69, 9.17) is 4.52 Å². The van der Waals surface area contributed by atoms with Gasteiger partial charge in [0.15, 0.2) is 0 Å². The first-order valence-corrected chi connectivity index (χ1v) is 10.1. The maximum absolute atomic E-state index is 11.4. The summed E-state index contributed by atoms with van der Waals surface area (Å²) in [6, 6.07) is 14.2. The minimum absolute atomic E-state index is 0.125. The van der Waals surface area contributed by atoms with Gasteiger partial charge in [0.05, 0.1) is 6.54 Å². The number of benzene rings is 1. The summed E-state index contributed by atoms with van der Waals surface area (Å²) < 4.78 is 5.43. The molecule has 1 aromatic carbocycles. The van der Waals surface area contributed by atoms with E-state index in [-0.39, 0.29) is 5.91 Å². The Hall–Kier alpha value is -3.26. The van der Waals surface area contributed by atoms with Crippen LogP contribution in [0.2, 0.25) is 0 Å². The molecule has 0 radical (unpaired) electrons. The van der Waals surface area contributed by atoms with Gasteiger partial charge in [0.1, 0.15) is 5.82 Å². The predicted molar refractivity (Wildman–Crippen MR) is 114 cm³/mol. The Morgan fingerprint density at radius 1 is 1.10 bits per heavy atom. The van der Waals surface area contributed by atoms with Crippen LogP contribution in [0, 0.1) is 0 Å². The fourth-order valence-corrected chi connectivity index (χ4v) is 3.53. The Morgan fingerprint density at radius 2 is 1.87 bits per heavy atom. The van der Waals surface area contributed by atoms with Crippen LogP contribution < -0.4 is 4.90 Å². The molecule has 0 saturated carbocycles. The highest BCUT2D eigenvalue weighted by Crippen LogP contribution is 2.20. The van der Waals surface area contributed by atoms with Crippen LogP contribution in [0.3, 0.4) is 0 Å². The second-order valence-corrected chi connectivity index (χ2v) is 7.54. The Morgan fingerprint density at radius 3 is 2.53 bits per heavy atom. The largest absolute Gasteiger partial charge is 0.355 e. The number of anilines is 1. The van der Waals surface area contributed by atoms with Crippen molar-refractivity contribution in [3.8, 4) is 11.4 Å². The highest BCUT2D eigenvalue weighted by Gasteiger charge is 2.20. The van der Waals surface area contributed by atoms with Gasteiger partial charge >= 0.3 is 0 Å². The number of hydrogen-bond donors (Lipinski definition) is 0. The smallest absolute Gasteiger partial charge is 0.241 e. The first kappa shape index (κ1) is 20.0. The van der Waals surface area contributed by atoms with Crippen LogP contribution in [0.4, 0.5) is 5.82 Å². The van der Waals surface area contributed by atoms with Crippen molar-refractivity contribution in [2.45, 2.75) is 20.0 Å². The topological polar surface area (TPSA) is 78.6 Å². The Kier molecular flexibility index (Phi) is 6.04. The molecule has 156 valence electrons. The van der Waals surface area contributed by atoms with E-state index < -0.39 is 0 Å². The van der Waals surface area contributed by atoms with Gasteiger partial charge in [-0.05, 0) is 17.7 Å². The Labute approximate surface area is 176 Å². The third-order valence-electron chi connectivity index (χ3n) is 5.30. The van der Waals surface area contributed by atoms with E-state index in [9.17, 15) is 4.79 Å². The molecule has 0 aliphatic carbocycles. The van der Waals surface area contributed by atoms with Crippen molar-refractivity contribution in [2.75, 3.05) is 38.1 Å². The van der Waals surface area contributed by atoms with Crippen LogP contribution in [0.1, 0.15) is 18.4 Å². The molecule has 8 nitrogen and oxygen atoms in total. The van der Waals surface area contributed by atoms with Crippen molar-refractivity contribution in [3.05, 3.63) is 60.1 Å². The number of carbonyl (C=O) groups excluding carboxylic acids is 1. The molecule has 0 unspecified atom stereocenters. The number of aromatic nitrogens is 3. The highest BCUT2D eigenvalue weighted by molar-refractivity contribution is 5.73. The second kappa shape index (κ2) is 9.04. The minimum atomic E-state index is 0.125. The molecule has 3 aromatic rings. The molecule has 3 heterocycles. The van der Waals surface area contributed by atoms with Gasteiger partial charge in [0.2, 0.25) is 17.6 Å². The summed E-state index contributed by atoms with van der Waals surface area (Å²) in [4.78, 5) is 26.7. The molecule has 1 saturated heterocycles. The van der Waals surface area contributed by atoms with Gasteiger partial charge in [0.25, 0.3) is 0 Å². The van der Waals surface area contributed by atoms with Crippen LogP contribution in [0.25, 0.3) is 11.4 Å². The lowest BCUT2D eigenvalue weighted by Gasteiger charge is -2.33. The van der Waals surface area contributed by atoms with Crippen molar-refractivity contribution in [1.82, 2.24) is 24.9 Å². The highest BCUT2D eigenvalue weighted by atomic mass is 16.5. The number of piperazine rings is 1. The number of nitrogens with zero attached hydrogens (tertiary/aromatic N) is 6. The third kappa shape index (κ3) is 4.83. The summed E-state index contributed by atoms with van der Waals surface area (Å²) in [7, 11) is 2.02. The summed E-state index contributed by atoms with van der Waals surface area (Å²) in [5, 5.41) is 4.11. The number of rotatable bonds is 6. The van der Waals surface area contributed by atoms with E-state index in [1.54, 1.807) is 13.1 Å².